The molecule has 0 unspecified atom stereocenters. The molecule has 1 aliphatic rings. The van der Waals surface area contributed by atoms with E-state index in [0.717, 1.165) is 12.3 Å². The van der Waals surface area contributed by atoms with Gasteiger partial charge in [-0.1, -0.05) is 35.3 Å². The summed E-state index contributed by atoms with van der Waals surface area (Å²) in [6, 6.07) is 8.36. The number of hydrogen-bond acceptors (Lipinski definition) is 4. The molecule has 1 heterocycles. The number of halogens is 3. The van der Waals surface area contributed by atoms with E-state index < -0.39 is 26.5 Å². The number of benzene rings is 2. The van der Waals surface area contributed by atoms with E-state index in [0.29, 0.717) is 21.7 Å². The molecule has 2 aromatic carbocycles. The van der Waals surface area contributed by atoms with Gasteiger partial charge in [0.15, 0.2) is 9.84 Å². The van der Waals surface area contributed by atoms with Gasteiger partial charge in [-0.25, -0.2) is 17.6 Å². The molecule has 3 rings (SSSR count). The molecule has 0 saturated heterocycles. The first-order valence-corrected chi connectivity index (χ1v) is 9.69. The van der Waals surface area contributed by atoms with Crippen LogP contribution in [0, 0.1) is 5.82 Å². The third-order valence-electron chi connectivity index (χ3n) is 3.74. The van der Waals surface area contributed by atoms with E-state index in [1.165, 1.54) is 18.2 Å². The lowest BCUT2D eigenvalue weighted by molar-refractivity contribution is -0.133. The Morgan fingerprint density at radius 3 is 2.32 bits per heavy atom. The van der Waals surface area contributed by atoms with Gasteiger partial charge in [0, 0.05) is 11.8 Å². The summed E-state index contributed by atoms with van der Waals surface area (Å²) in [4.78, 5) is 11.7. The highest BCUT2D eigenvalue weighted by Gasteiger charge is 2.28. The molecule has 2 aromatic rings. The molecule has 0 aromatic heterocycles. The van der Waals surface area contributed by atoms with E-state index in [-0.39, 0.29) is 17.2 Å². The Labute approximate surface area is 153 Å². The Morgan fingerprint density at radius 1 is 1.04 bits per heavy atom. The molecule has 130 valence electrons. The summed E-state index contributed by atoms with van der Waals surface area (Å²) in [5.74, 6) is -1.46. The van der Waals surface area contributed by atoms with E-state index in [1.807, 2.05) is 0 Å². The van der Waals surface area contributed by atoms with Gasteiger partial charge in [0.25, 0.3) is 0 Å². The highest BCUT2D eigenvalue weighted by atomic mass is 35.5. The molecule has 1 aliphatic heterocycles. The number of ether oxygens (including phenoxy) is 1. The van der Waals surface area contributed by atoms with Crippen molar-refractivity contribution in [2.75, 3.05) is 12.9 Å². The van der Waals surface area contributed by atoms with Crippen molar-refractivity contribution in [2.24, 2.45) is 0 Å². The molecule has 0 radical (unpaired) electrons. The van der Waals surface area contributed by atoms with Crippen LogP contribution in [0.1, 0.15) is 11.1 Å². The zero-order valence-corrected chi connectivity index (χ0v) is 15.2. The second-order valence-electron chi connectivity index (χ2n) is 5.48. The zero-order valence-electron chi connectivity index (χ0n) is 12.8. The fraction of sp³-hybridized carbons (Fsp3) is 0.118. The van der Waals surface area contributed by atoms with Crippen molar-refractivity contribution < 1.29 is 22.3 Å². The summed E-state index contributed by atoms with van der Waals surface area (Å²) in [6.07, 6.45) is 0.924. The van der Waals surface area contributed by atoms with Crippen molar-refractivity contribution in [3.05, 3.63) is 63.4 Å². The predicted octanol–water partition coefficient (Wildman–Crippen LogP) is 4.00. The molecule has 0 spiro atoms. The Balaban J connectivity index is 2.16. The van der Waals surface area contributed by atoms with E-state index >= 15 is 0 Å². The van der Waals surface area contributed by atoms with Gasteiger partial charge >= 0.3 is 5.97 Å². The fourth-order valence-corrected chi connectivity index (χ4v) is 3.59. The predicted molar refractivity (Wildman–Crippen MR) is 93.7 cm³/mol. The number of cyclic esters (lactones) is 1. The Bertz CT molecular complexity index is 1030. The van der Waals surface area contributed by atoms with Crippen LogP contribution in [0.25, 0.3) is 11.1 Å². The lowest BCUT2D eigenvalue weighted by atomic mass is 9.96. The summed E-state index contributed by atoms with van der Waals surface area (Å²) in [6.45, 7) is -0.0495. The van der Waals surface area contributed by atoms with Crippen LogP contribution in [0.4, 0.5) is 4.39 Å². The van der Waals surface area contributed by atoms with Crippen molar-refractivity contribution in [1.82, 2.24) is 0 Å². The third kappa shape index (κ3) is 3.42. The molecule has 0 saturated carbocycles. The summed E-state index contributed by atoms with van der Waals surface area (Å²) in [7, 11) is -3.68. The highest BCUT2D eigenvalue weighted by molar-refractivity contribution is 7.90. The average Bonchev–Trinajstić information content (AvgIpc) is 2.90. The molecular weight excluding hydrogens is 390 g/mol. The number of rotatable bonds is 3. The number of carbonyl (C=O) groups excluding carboxylic acids is 1. The van der Waals surface area contributed by atoms with Crippen molar-refractivity contribution >= 4 is 50.2 Å². The van der Waals surface area contributed by atoms with E-state index in [1.54, 1.807) is 12.1 Å². The first kappa shape index (κ1) is 17.9. The minimum atomic E-state index is -3.68. The molecule has 0 atom stereocenters. The van der Waals surface area contributed by atoms with E-state index in [9.17, 15) is 17.6 Å². The summed E-state index contributed by atoms with van der Waals surface area (Å²) in [5.41, 5.74) is 1.53. The van der Waals surface area contributed by atoms with Gasteiger partial charge in [0.1, 0.15) is 17.3 Å². The smallest absolute Gasteiger partial charge is 0.339 e. The average molecular weight is 401 g/mol. The molecule has 0 amide bonds. The maximum absolute atomic E-state index is 14.2. The summed E-state index contributed by atoms with van der Waals surface area (Å²) >= 11 is 11.9. The van der Waals surface area contributed by atoms with Crippen LogP contribution in [0.3, 0.4) is 0 Å². The van der Waals surface area contributed by atoms with Crippen LogP contribution in [-0.2, 0) is 19.4 Å². The van der Waals surface area contributed by atoms with Gasteiger partial charge in [-0.3, -0.25) is 0 Å². The number of sulfone groups is 1. The van der Waals surface area contributed by atoms with Gasteiger partial charge in [-0.05, 0) is 35.4 Å². The van der Waals surface area contributed by atoms with E-state index in [4.69, 9.17) is 27.9 Å². The first-order chi connectivity index (χ1) is 11.7. The molecule has 0 fully saturated rings. The molecule has 0 N–H and O–H groups in total. The van der Waals surface area contributed by atoms with Crippen LogP contribution < -0.4 is 0 Å². The Morgan fingerprint density at radius 2 is 1.72 bits per heavy atom. The van der Waals surface area contributed by atoms with Crippen LogP contribution >= 0.6 is 23.2 Å². The largest absolute Gasteiger partial charge is 0.457 e. The van der Waals surface area contributed by atoms with Gasteiger partial charge in [-0.15, -0.1) is 0 Å². The lowest BCUT2D eigenvalue weighted by Crippen LogP contribution is -2.02. The van der Waals surface area contributed by atoms with Crippen LogP contribution in [0.2, 0.25) is 10.0 Å². The lowest BCUT2D eigenvalue weighted by Gasteiger charge is -2.08. The zero-order chi connectivity index (χ0) is 18.4. The van der Waals surface area contributed by atoms with Gasteiger partial charge in [0.05, 0.1) is 15.6 Å². The molecule has 0 aliphatic carbocycles. The highest BCUT2D eigenvalue weighted by Crippen LogP contribution is 2.36. The number of esters is 1. The molecule has 4 nitrogen and oxygen atoms in total. The van der Waals surface area contributed by atoms with Crippen LogP contribution in [0.15, 0.2) is 41.3 Å². The van der Waals surface area contributed by atoms with Crippen molar-refractivity contribution in [3.8, 4) is 0 Å². The monoisotopic (exact) mass is 400 g/mol. The standard InChI is InChI=1S/C17H11Cl2FO4S/c1-25(22,23)15-5-3-9(7-14(15)20)11-8-24-17(21)16(11)10-2-4-12(18)13(19)6-10/h2-7H,8H2,1H3. The van der Waals surface area contributed by atoms with E-state index in [2.05, 4.69) is 0 Å². The fourth-order valence-electron chi connectivity index (χ4n) is 2.57. The molecule has 8 heteroatoms. The maximum Gasteiger partial charge on any atom is 0.339 e. The number of carbonyl (C=O) groups is 1. The SMILES string of the molecule is CS(=O)(=O)c1ccc(C2=C(c3ccc(Cl)c(Cl)c3)C(=O)OC2)cc1F. The minimum absolute atomic E-state index is 0.0495. The van der Waals surface area contributed by atoms with Gasteiger partial charge < -0.3 is 4.74 Å². The van der Waals surface area contributed by atoms with Crippen molar-refractivity contribution in [2.45, 2.75) is 4.90 Å². The normalized spacial score (nSPS) is 14.8. The second kappa shape index (κ2) is 6.44. The molecule has 25 heavy (non-hydrogen) atoms. The summed E-state index contributed by atoms with van der Waals surface area (Å²) < 4.78 is 42.3. The topological polar surface area (TPSA) is 60.4 Å². The van der Waals surface area contributed by atoms with Crippen molar-refractivity contribution in [3.63, 3.8) is 0 Å². The van der Waals surface area contributed by atoms with Gasteiger partial charge in [-0.2, -0.15) is 0 Å². The van der Waals surface area contributed by atoms with Crippen molar-refractivity contribution in [1.29, 1.82) is 0 Å². The summed E-state index contributed by atoms with van der Waals surface area (Å²) in [5, 5.41) is 0.604. The maximum atomic E-state index is 14.2. The second-order valence-corrected chi connectivity index (χ2v) is 8.27. The number of hydrogen-bond donors (Lipinski definition) is 0. The third-order valence-corrected chi connectivity index (χ3v) is 5.61. The van der Waals surface area contributed by atoms with Crippen LogP contribution in [-0.4, -0.2) is 27.2 Å². The quantitative estimate of drug-likeness (QED) is 0.730. The Hall–Kier alpha value is -1.89. The van der Waals surface area contributed by atoms with Gasteiger partial charge in [0.2, 0.25) is 0 Å². The Kier molecular flexibility index (Phi) is 4.62. The van der Waals surface area contributed by atoms with Crippen LogP contribution in [0.5, 0.6) is 0 Å². The first-order valence-electron chi connectivity index (χ1n) is 7.04. The molecular formula is C17H11Cl2FO4S. The molecule has 0 bridgehead atoms. The minimum Gasteiger partial charge on any atom is -0.457 e.